The lowest BCUT2D eigenvalue weighted by molar-refractivity contribution is -0.144. The summed E-state index contributed by atoms with van der Waals surface area (Å²) in [5.74, 6) is 0.622. The number of carbonyl (C=O) groups is 2. The van der Waals surface area contributed by atoms with E-state index in [9.17, 15) is 9.59 Å². The molecular weight excluding hydrogens is 358 g/mol. The van der Waals surface area contributed by atoms with Gasteiger partial charge >= 0.3 is 5.97 Å². The van der Waals surface area contributed by atoms with Gasteiger partial charge in [0.2, 0.25) is 5.91 Å². The quantitative estimate of drug-likeness (QED) is 0.389. The predicted octanol–water partition coefficient (Wildman–Crippen LogP) is 4.21. The molecule has 5 heteroatoms. The smallest absolute Gasteiger partial charge is 0.307 e. The first kappa shape index (κ1) is 19.5. The average Bonchev–Trinajstić information content (AvgIpc) is 3.01. The molecular formula is C22H25NO3S. The molecule has 0 aliphatic carbocycles. The molecule has 1 amide bonds. The summed E-state index contributed by atoms with van der Waals surface area (Å²) in [6.45, 7) is 2.98. The van der Waals surface area contributed by atoms with E-state index in [1.807, 2.05) is 66.4 Å². The molecule has 0 aromatic heterocycles. The fraction of sp³-hybridized carbons (Fsp3) is 0.364. The van der Waals surface area contributed by atoms with Crippen LogP contribution >= 0.6 is 11.8 Å². The normalized spacial score (nSPS) is 16.6. The van der Waals surface area contributed by atoms with E-state index in [-0.39, 0.29) is 24.3 Å². The third-order valence-corrected chi connectivity index (χ3v) is 5.66. The van der Waals surface area contributed by atoms with E-state index < -0.39 is 0 Å². The molecule has 1 aliphatic heterocycles. The maximum absolute atomic E-state index is 12.2. The van der Waals surface area contributed by atoms with Gasteiger partial charge in [-0.2, -0.15) is 0 Å². The Labute approximate surface area is 164 Å². The van der Waals surface area contributed by atoms with E-state index in [0.29, 0.717) is 19.6 Å². The number of ether oxygens (including phenoxy) is 1. The second-order valence-electron chi connectivity index (χ2n) is 6.79. The van der Waals surface area contributed by atoms with Gasteiger partial charge in [0, 0.05) is 29.7 Å². The SMILES string of the molecule is Cc1ccc(CN2C(=O)CCC2CC(=O)OCCSc2ccccc2)cc1. The topological polar surface area (TPSA) is 46.6 Å². The molecule has 2 aromatic carbocycles. The molecule has 142 valence electrons. The van der Waals surface area contributed by atoms with Crippen LogP contribution in [0, 0.1) is 6.92 Å². The Balaban J connectivity index is 1.44. The van der Waals surface area contributed by atoms with Crippen molar-refractivity contribution in [3.63, 3.8) is 0 Å². The zero-order valence-corrected chi connectivity index (χ0v) is 16.4. The Kier molecular flexibility index (Phi) is 6.93. The van der Waals surface area contributed by atoms with Crippen molar-refractivity contribution in [3.05, 3.63) is 65.7 Å². The van der Waals surface area contributed by atoms with Crippen LogP contribution in [-0.2, 0) is 20.9 Å². The molecule has 0 N–H and O–H groups in total. The number of aryl methyl sites for hydroxylation is 1. The number of carbonyl (C=O) groups excluding carboxylic acids is 2. The summed E-state index contributed by atoms with van der Waals surface area (Å²) in [4.78, 5) is 27.4. The lowest BCUT2D eigenvalue weighted by atomic mass is 10.1. The monoisotopic (exact) mass is 383 g/mol. The van der Waals surface area contributed by atoms with Gasteiger partial charge in [-0.05, 0) is 31.0 Å². The van der Waals surface area contributed by atoms with Crippen LogP contribution in [0.1, 0.15) is 30.4 Å². The van der Waals surface area contributed by atoms with Gasteiger partial charge in [0.25, 0.3) is 0 Å². The van der Waals surface area contributed by atoms with E-state index in [1.165, 1.54) is 10.5 Å². The third-order valence-electron chi connectivity index (χ3n) is 4.69. The van der Waals surface area contributed by atoms with E-state index in [1.54, 1.807) is 11.8 Å². The first-order valence-electron chi connectivity index (χ1n) is 9.30. The van der Waals surface area contributed by atoms with Gasteiger partial charge in [0.15, 0.2) is 0 Å². The summed E-state index contributed by atoms with van der Waals surface area (Å²) >= 11 is 1.67. The van der Waals surface area contributed by atoms with E-state index in [2.05, 4.69) is 0 Å². The van der Waals surface area contributed by atoms with Gasteiger partial charge in [-0.3, -0.25) is 9.59 Å². The standard InChI is InChI=1S/C22H25NO3S/c1-17-7-9-18(10-8-17)16-23-19(11-12-21(23)24)15-22(25)26-13-14-27-20-5-3-2-4-6-20/h2-10,19H,11-16H2,1H3. The number of esters is 1. The molecule has 1 aliphatic rings. The Morgan fingerprint density at radius 3 is 2.63 bits per heavy atom. The number of likely N-dealkylation sites (tertiary alicyclic amines) is 1. The highest BCUT2D eigenvalue weighted by Gasteiger charge is 2.32. The maximum Gasteiger partial charge on any atom is 0.307 e. The summed E-state index contributed by atoms with van der Waals surface area (Å²) in [5.41, 5.74) is 2.29. The molecule has 0 spiro atoms. The molecule has 1 atom stereocenters. The van der Waals surface area contributed by atoms with Gasteiger partial charge in [-0.1, -0.05) is 48.0 Å². The minimum Gasteiger partial charge on any atom is -0.465 e. The van der Waals surface area contributed by atoms with Crippen LogP contribution in [0.15, 0.2) is 59.5 Å². The number of benzene rings is 2. The molecule has 0 bridgehead atoms. The molecule has 27 heavy (non-hydrogen) atoms. The zero-order chi connectivity index (χ0) is 19.1. The Morgan fingerprint density at radius 2 is 1.89 bits per heavy atom. The number of nitrogens with zero attached hydrogens (tertiary/aromatic N) is 1. The molecule has 1 fully saturated rings. The summed E-state index contributed by atoms with van der Waals surface area (Å²) < 4.78 is 5.38. The largest absolute Gasteiger partial charge is 0.465 e. The zero-order valence-electron chi connectivity index (χ0n) is 15.6. The summed E-state index contributed by atoms with van der Waals surface area (Å²) in [7, 11) is 0. The first-order valence-corrected chi connectivity index (χ1v) is 10.3. The van der Waals surface area contributed by atoms with Gasteiger partial charge in [-0.15, -0.1) is 11.8 Å². The van der Waals surface area contributed by atoms with Crippen molar-refractivity contribution < 1.29 is 14.3 Å². The fourth-order valence-electron chi connectivity index (χ4n) is 3.20. The lowest BCUT2D eigenvalue weighted by Crippen LogP contribution is -2.34. The van der Waals surface area contributed by atoms with E-state index >= 15 is 0 Å². The Hall–Kier alpha value is -2.27. The average molecular weight is 384 g/mol. The molecule has 0 radical (unpaired) electrons. The molecule has 2 aromatic rings. The van der Waals surface area contributed by atoms with Crippen molar-refractivity contribution in [1.29, 1.82) is 0 Å². The second-order valence-corrected chi connectivity index (χ2v) is 7.95. The number of amides is 1. The highest BCUT2D eigenvalue weighted by Crippen LogP contribution is 2.24. The van der Waals surface area contributed by atoms with Crippen LogP contribution in [0.2, 0.25) is 0 Å². The molecule has 1 heterocycles. The highest BCUT2D eigenvalue weighted by atomic mass is 32.2. The van der Waals surface area contributed by atoms with Crippen LogP contribution in [0.3, 0.4) is 0 Å². The van der Waals surface area contributed by atoms with Crippen molar-refractivity contribution in [2.24, 2.45) is 0 Å². The summed E-state index contributed by atoms with van der Waals surface area (Å²) in [5, 5.41) is 0. The molecule has 3 rings (SSSR count). The van der Waals surface area contributed by atoms with Crippen LogP contribution in [0.4, 0.5) is 0 Å². The first-order chi connectivity index (χ1) is 13.1. The lowest BCUT2D eigenvalue weighted by Gasteiger charge is -2.24. The van der Waals surface area contributed by atoms with Crippen LogP contribution in [-0.4, -0.2) is 35.2 Å². The molecule has 0 saturated carbocycles. The Bertz CT molecular complexity index is 761. The van der Waals surface area contributed by atoms with Gasteiger partial charge < -0.3 is 9.64 Å². The molecule has 1 unspecified atom stereocenters. The predicted molar refractivity (Wildman–Crippen MR) is 107 cm³/mol. The van der Waals surface area contributed by atoms with Gasteiger partial charge in [0.05, 0.1) is 6.42 Å². The minimum atomic E-state index is -0.225. The Morgan fingerprint density at radius 1 is 1.15 bits per heavy atom. The number of hydrogen-bond donors (Lipinski definition) is 0. The molecule has 4 nitrogen and oxygen atoms in total. The summed E-state index contributed by atoms with van der Waals surface area (Å²) in [6, 6.07) is 18.2. The van der Waals surface area contributed by atoms with E-state index in [4.69, 9.17) is 4.74 Å². The van der Waals surface area contributed by atoms with Crippen molar-refractivity contribution >= 4 is 23.6 Å². The number of hydrogen-bond acceptors (Lipinski definition) is 4. The van der Waals surface area contributed by atoms with Crippen molar-refractivity contribution in [1.82, 2.24) is 4.90 Å². The van der Waals surface area contributed by atoms with E-state index in [0.717, 1.165) is 17.7 Å². The van der Waals surface area contributed by atoms with Crippen LogP contribution in [0.5, 0.6) is 0 Å². The van der Waals surface area contributed by atoms with Crippen molar-refractivity contribution in [3.8, 4) is 0 Å². The summed E-state index contributed by atoms with van der Waals surface area (Å²) in [6.07, 6.45) is 1.50. The minimum absolute atomic E-state index is 0.0620. The fourth-order valence-corrected chi connectivity index (χ4v) is 3.95. The number of rotatable bonds is 8. The van der Waals surface area contributed by atoms with Crippen LogP contribution < -0.4 is 0 Å². The highest BCUT2D eigenvalue weighted by molar-refractivity contribution is 7.99. The third kappa shape index (κ3) is 5.86. The molecule has 1 saturated heterocycles. The van der Waals surface area contributed by atoms with Crippen molar-refractivity contribution in [2.45, 2.75) is 43.7 Å². The second kappa shape index (κ2) is 9.60. The van der Waals surface area contributed by atoms with Crippen molar-refractivity contribution in [2.75, 3.05) is 12.4 Å². The van der Waals surface area contributed by atoms with Gasteiger partial charge in [0.1, 0.15) is 6.61 Å². The van der Waals surface area contributed by atoms with Gasteiger partial charge in [-0.25, -0.2) is 0 Å². The van der Waals surface area contributed by atoms with Crippen LogP contribution in [0.25, 0.3) is 0 Å². The maximum atomic E-state index is 12.2. The number of thioether (sulfide) groups is 1.